The van der Waals surface area contributed by atoms with E-state index in [1.165, 1.54) is 167 Å². The number of anilines is 18. The Morgan fingerprint density at radius 1 is 0.146 bits per heavy atom. The van der Waals surface area contributed by atoms with Gasteiger partial charge in [-0.25, -0.2) is 0 Å². The molecule has 0 bridgehead atoms. The molecule has 0 saturated heterocycles. The van der Waals surface area contributed by atoms with Gasteiger partial charge in [-0.2, -0.15) is 0 Å². The van der Waals surface area contributed by atoms with Gasteiger partial charge < -0.3 is 29.4 Å². The Morgan fingerprint density at radius 2 is 0.292 bits per heavy atom. The summed E-state index contributed by atoms with van der Waals surface area (Å²) in [5.74, 6) is 0. The number of rotatable bonds is 9. The molecule has 0 fully saturated rings. The van der Waals surface area contributed by atoms with Crippen molar-refractivity contribution in [2.24, 2.45) is 0 Å². The third-order valence-electron chi connectivity index (χ3n) is 31.2. The second-order valence-electron chi connectivity index (χ2n) is 49.6. The molecule has 6 aliphatic rings. The van der Waals surface area contributed by atoms with Crippen LogP contribution in [0, 0.1) is 0 Å². The van der Waals surface area contributed by atoms with Crippen LogP contribution in [-0.2, 0) is 54.1 Å². The van der Waals surface area contributed by atoms with E-state index < -0.39 is 5.41 Å². The van der Waals surface area contributed by atoms with Crippen molar-refractivity contribution in [1.82, 2.24) is 0 Å². The zero-order valence-electron chi connectivity index (χ0n) is 86.4. The number of hydrogen-bond donors (Lipinski definition) is 0. The maximum atomic E-state index is 2.72. The van der Waals surface area contributed by atoms with E-state index in [0.717, 1.165) is 51.2 Å². The number of nitrogens with zero attached hydrogens (tertiary/aromatic N) is 6. The highest BCUT2D eigenvalue weighted by Crippen LogP contribution is 2.55. The fraction of sp³-hybridized carbons (Fsp3) is 0.297. The lowest BCUT2D eigenvalue weighted by Crippen LogP contribution is -2.66. The van der Waals surface area contributed by atoms with Gasteiger partial charge in [0.15, 0.2) is 0 Å². The fourth-order valence-corrected chi connectivity index (χ4v) is 23.4. The normalized spacial score (nSPS) is 14.6. The quantitative estimate of drug-likeness (QED) is 0.105. The Labute approximate surface area is 819 Å². The second kappa shape index (κ2) is 31.4. The molecule has 137 heavy (non-hydrogen) atoms. The standard InChI is InChI=1S/C128H135B3N6/c1-119(2,3)80-47-62-89(63-48-80)132-101-74-59-86(125(19,20)21)77-98(101)129-113-95(35-29-38-104(113)135(110-44-32-41-107(132)116(110)129)92-68-53-83(54-69-92)122(10,11)12)128(28,96-36-30-39-105-114(96)130-99-78-87(126(22,23)24)60-75-102(99)133(90-64-49-81(50-65-90)120(4,5)6)108-42-33-45-111(117(108)130)136(105)93-70-55-84(56-71-93)123(13,14)15)97-37-31-40-106-115(97)131-100-79-88(127(25,26)27)61-76-103(100)134(91-66-51-82(52-67-91)121(7,8)9)109-43-34-46-112(118(109)131)137(106)94-72-57-85(58-73-94)124(16,17)18/h29-79H,1-28H3. The smallest absolute Gasteiger partial charge is 0.252 e. The van der Waals surface area contributed by atoms with Gasteiger partial charge in [-0.05, 0) is 317 Å². The van der Waals surface area contributed by atoms with E-state index in [1.807, 2.05) is 0 Å². The molecule has 0 N–H and O–H groups in total. The van der Waals surface area contributed by atoms with E-state index in [4.69, 9.17) is 0 Å². The van der Waals surface area contributed by atoms with Crippen molar-refractivity contribution >= 4 is 172 Å². The number of benzene rings is 15. The molecule has 0 amide bonds. The molecule has 0 atom stereocenters. The van der Waals surface area contributed by atoms with Gasteiger partial charge in [0.2, 0.25) is 0 Å². The molecule has 6 heterocycles. The molecule has 9 heteroatoms. The second-order valence-corrected chi connectivity index (χ2v) is 49.6. The minimum Gasteiger partial charge on any atom is -0.311 e. The van der Waals surface area contributed by atoms with E-state index >= 15 is 0 Å². The highest BCUT2D eigenvalue weighted by Gasteiger charge is 2.55. The average molecular weight is 1790 g/mol. The first-order valence-corrected chi connectivity index (χ1v) is 50.2. The molecular formula is C128H135B3N6. The van der Waals surface area contributed by atoms with Crippen LogP contribution in [0.1, 0.15) is 261 Å². The van der Waals surface area contributed by atoms with Gasteiger partial charge in [0.05, 0.1) is 0 Å². The molecule has 15 aromatic rings. The summed E-state index contributed by atoms with van der Waals surface area (Å²) in [5, 5.41) is 0. The zero-order valence-corrected chi connectivity index (χ0v) is 86.4. The summed E-state index contributed by atoms with van der Waals surface area (Å²) in [6.07, 6.45) is 0. The van der Waals surface area contributed by atoms with Crippen molar-refractivity contribution in [3.8, 4) is 0 Å². The molecule has 0 aromatic heterocycles. The topological polar surface area (TPSA) is 19.4 Å². The Bertz CT molecular complexity index is 6600. The molecular weight excluding hydrogens is 1650 g/mol. The molecule has 686 valence electrons. The van der Waals surface area contributed by atoms with Crippen molar-refractivity contribution in [2.45, 2.75) is 248 Å². The van der Waals surface area contributed by atoms with Gasteiger partial charge >= 0.3 is 0 Å². The van der Waals surface area contributed by atoms with Crippen molar-refractivity contribution in [1.29, 1.82) is 0 Å². The Hall–Kier alpha value is -12.7. The molecule has 0 spiro atoms. The third-order valence-corrected chi connectivity index (χ3v) is 31.2. The third kappa shape index (κ3) is 14.8. The SMILES string of the molecule is CC(C)(C)c1ccc(N2c3ccc(C(C)(C)C)cc3B3c4c2cccc4N(c2ccc(C(C)(C)C)cc2)c2cccc(C(C)(c4cccc5c4B4c6cc(C(C)(C)C)ccc6N(c6ccc(C(C)(C)C)cc6)c6cccc(c64)N5c4ccc(C(C)(C)C)cc4)c4cccc5c4B4c6cc(C(C)(C)C)ccc6N(c6ccc(C(C)(C)C)cc6)c6cccc(c64)N5c4ccc(C(C)(C)C)cc4)c23)cc1. The predicted octanol–water partition coefficient (Wildman–Crippen LogP) is 29.0. The highest BCUT2D eigenvalue weighted by molar-refractivity contribution is 7.02. The summed E-state index contributed by atoms with van der Waals surface area (Å²) < 4.78 is 0. The van der Waals surface area contributed by atoms with E-state index in [-0.39, 0.29) is 68.9 Å². The molecule has 6 nitrogen and oxygen atoms in total. The molecule has 0 unspecified atom stereocenters. The van der Waals surface area contributed by atoms with Crippen LogP contribution in [0.3, 0.4) is 0 Å². The fourth-order valence-electron chi connectivity index (χ4n) is 23.4. The maximum Gasteiger partial charge on any atom is 0.252 e. The van der Waals surface area contributed by atoms with Crippen LogP contribution in [-0.4, -0.2) is 20.1 Å². The molecule has 0 aliphatic carbocycles. The lowest BCUT2D eigenvalue weighted by Gasteiger charge is -2.50. The largest absolute Gasteiger partial charge is 0.311 e. The number of fused-ring (bicyclic) bond motifs is 12. The van der Waals surface area contributed by atoms with Gasteiger partial charge in [0.25, 0.3) is 20.1 Å². The summed E-state index contributed by atoms with van der Waals surface area (Å²) in [7, 11) is 0. The first-order valence-electron chi connectivity index (χ1n) is 50.2. The van der Waals surface area contributed by atoms with Crippen molar-refractivity contribution < 1.29 is 0 Å². The predicted molar refractivity (Wildman–Crippen MR) is 595 cm³/mol. The molecule has 0 radical (unpaired) electrons. The van der Waals surface area contributed by atoms with E-state index in [2.05, 4.69) is 533 Å². The summed E-state index contributed by atoms with van der Waals surface area (Å²) in [6.45, 7) is 65.5. The molecule has 6 aliphatic heterocycles. The average Bonchev–Trinajstić information content (AvgIpc) is 0.670. The first-order chi connectivity index (χ1) is 64.6. The van der Waals surface area contributed by atoms with Gasteiger partial charge in [-0.1, -0.05) is 351 Å². The zero-order chi connectivity index (χ0) is 96.8. The minimum absolute atomic E-state index is 0.0594. The Balaban J connectivity index is 0.958. The molecule has 15 aromatic carbocycles. The van der Waals surface area contributed by atoms with Crippen LogP contribution < -0.4 is 78.6 Å². The molecule has 21 rings (SSSR count). The van der Waals surface area contributed by atoms with Crippen LogP contribution in [0.4, 0.5) is 102 Å². The van der Waals surface area contributed by atoms with E-state index in [1.54, 1.807) is 0 Å². The van der Waals surface area contributed by atoms with Crippen molar-refractivity contribution in [2.75, 3.05) is 29.4 Å². The van der Waals surface area contributed by atoms with Gasteiger partial charge in [0.1, 0.15) is 0 Å². The number of hydrogen-bond acceptors (Lipinski definition) is 6. The highest BCUT2D eigenvalue weighted by atomic mass is 15.2. The van der Waals surface area contributed by atoms with E-state index in [0.29, 0.717) is 0 Å². The Kier molecular flexibility index (Phi) is 20.8. The van der Waals surface area contributed by atoms with Crippen LogP contribution >= 0.6 is 0 Å². The first kappa shape index (κ1) is 90.7. The maximum absolute atomic E-state index is 2.72. The summed E-state index contributed by atoms with van der Waals surface area (Å²) in [6, 6.07) is 125. The lowest BCUT2D eigenvalue weighted by atomic mass is 9.29. The Morgan fingerprint density at radius 3 is 0.460 bits per heavy atom. The van der Waals surface area contributed by atoms with Crippen molar-refractivity contribution in [3.05, 3.63) is 376 Å². The minimum atomic E-state index is -1.12. The van der Waals surface area contributed by atoms with E-state index in [9.17, 15) is 0 Å². The van der Waals surface area contributed by atoms with Gasteiger partial charge in [0, 0.05) is 108 Å². The van der Waals surface area contributed by atoms with Crippen LogP contribution in [0.2, 0.25) is 0 Å². The van der Waals surface area contributed by atoms with Crippen LogP contribution in [0.25, 0.3) is 0 Å². The lowest BCUT2D eigenvalue weighted by molar-refractivity contribution is 0.590. The van der Waals surface area contributed by atoms with Crippen molar-refractivity contribution in [3.63, 3.8) is 0 Å². The van der Waals surface area contributed by atoms with Crippen LogP contribution in [0.15, 0.2) is 309 Å². The van der Waals surface area contributed by atoms with Gasteiger partial charge in [-0.15, -0.1) is 0 Å². The summed E-state index contributed by atoms with van der Waals surface area (Å²) in [5.41, 5.74) is 45.5. The molecule has 0 saturated carbocycles. The summed E-state index contributed by atoms with van der Waals surface area (Å²) in [4.78, 5) is 15.9. The summed E-state index contributed by atoms with van der Waals surface area (Å²) >= 11 is 0. The van der Waals surface area contributed by atoms with Crippen LogP contribution in [0.5, 0.6) is 0 Å². The van der Waals surface area contributed by atoms with Gasteiger partial charge in [-0.3, -0.25) is 0 Å². The monoisotopic (exact) mass is 1790 g/mol.